The molecule has 1 saturated carbocycles. The molecule has 0 aliphatic heterocycles. The Kier molecular flexibility index (Phi) is 6.62. The van der Waals surface area contributed by atoms with Crippen LogP contribution in [0.5, 0.6) is 0 Å². The van der Waals surface area contributed by atoms with E-state index in [2.05, 4.69) is 10.6 Å². The highest BCUT2D eigenvalue weighted by Crippen LogP contribution is 2.23. The van der Waals surface area contributed by atoms with Crippen molar-refractivity contribution in [3.8, 4) is 0 Å². The summed E-state index contributed by atoms with van der Waals surface area (Å²) in [4.78, 5) is 22.9. The van der Waals surface area contributed by atoms with Gasteiger partial charge in [-0.05, 0) is 12.8 Å². The Hall–Kier alpha value is -1.10. The highest BCUT2D eigenvalue weighted by Gasteiger charge is 2.20. The van der Waals surface area contributed by atoms with Gasteiger partial charge < -0.3 is 15.7 Å². The van der Waals surface area contributed by atoms with Crippen molar-refractivity contribution in [1.82, 2.24) is 10.6 Å². The van der Waals surface area contributed by atoms with E-state index in [1.54, 1.807) is 0 Å². The van der Waals surface area contributed by atoms with E-state index in [0.29, 0.717) is 6.54 Å². The minimum absolute atomic E-state index is 0.0554. The van der Waals surface area contributed by atoms with Gasteiger partial charge in [0.2, 0.25) is 11.8 Å². The molecule has 0 spiro atoms. The van der Waals surface area contributed by atoms with Crippen LogP contribution >= 0.6 is 0 Å². The zero-order chi connectivity index (χ0) is 12.5. The predicted octanol–water partition coefficient (Wildman–Crippen LogP) is 0.182. The Morgan fingerprint density at radius 3 is 2.41 bits per heavy atom. The van der Waals surface area contributed by atoms with Gasteiger partial charge in [-0.1, -0.05) is 19.3 Å². The molecular formula is C12H22N2O3. The SMILES string of the molecule is O=C(CCNC(=O)C1CCCCC1)NCCO. The standard InChI is InChI=1S/C12H22N2O3/c15-9-8-13-11(16)6-7-14-12(17)10-4-2-1-3-5-10/h10,15H,1-9H2,(H,13,16)(H,14,17). The largest absolute Gasteiger partial charge is 0.395 e. The number of rotatable bonds is 6. The number of hydrogen-bond acceptors (Lipinski definition) is 3. The maximum absolute atomic E-state index is 11.7. The van der Waals surface area contributed by atoms with E-state index in [4.69, 9.17) is 5.11 Å². The van der Waals surface area contributed by atoms with Crippen LogP contribution in [0.25, 0.3) is 0 Å². The second kappa shape index (κ2) is 8.06. The summed E-state index contributed by atoms with van der Waals surface area (Å²) in [6, 6.07) is 0. The molecule has 1 fully saturated rings. The molecule has 5 heteroatoms. The lowest BCUT2D eigenvalue weighted by atomic mass is 9.89. The van der Waals surface area contributed by atoms with E-state index < -0.39 is 0 Å². The van der Waals surface area contributed by atoms with E-state index in [1.807, 2.05) is 0 Å². The van der Waals surface area contributed by atoms with Gasteiger partial charge in [0.25, 0.3) is 0 Å². The molecule has 0 unspecified atom stereocenters. The Labute approximate surface area is 102 Å². The number of aliphatic hydroxyl groups excluding tert-OH is 1. The molecule has 1 rings (SSSR count). The average Bonchev–Trinajstić information content (AvgIpc) is 2.37. The van der Waals surface area contributed by atoms with Crippen molar-refractivity contribution >= 4 is 11.8 Å². The minimum Gasteiger partial charge on any atom is -0.395 e. The summed E-state index contributed by atoms with van der Waals surface area (Å²) >= 11 is 0. The van der Waals surface area contributed by atoms with Crippen molar-refractivity contribution in [2.75, 3.05) is 19.7 Å². The van der Waals surface area contributed by atoms with Gasteiger partial charge in [0, 0.05) is 25.4 Å². The van der Waals surface area contributed by atoms with Crippen molar-refractivity contribution in [3.63, 3.8) is 0 Å². The molecule has 0 aromatic carbocycles. The van der Waals surface area contributed by atoms with E-state index >= 15 is 0 Å². The molecule has 0 aromatic heterocycles. The summed E-state index contributed by atoms with van der Waals surface area (Å²) in [5, 5.41) is 13.9. The number of hydrogen-bond donors (Lipinski definition) is 3. The second-order valence-electron chi connectivity index (χ2n) is 4.45. The normalized spacial score (nSPS) is 16.5. The summed E-state index contributed by atoms with van der Waals surface area (Å²) in [7, 11) is 0. The highest BCUT2D eigenvalue weighted by molar-refractivity contribution is 5.80. The summed E-state index contributed by atoms with van der Waals surface area (Å²) in [6.45, 7) is 0.599. The first-order valence-electron chi connectivity index (χ1n) is 6.39. The maximum atomic E-state index is 11.7. The van der Waals surface area contributed by atoms with Crippen molar-refractivity contribution in [3.05, 3.63) is 0 Å². The van der Waals surface area contributed by atoms with Crippen LogP contribution in [0, 0.1) is 5.92 Å². The molecular weight excluding hydrogens is 220 g/mol. The smallest absolute Gasteiger partial charge is 0.223 e. The van der Waals surface area contributed by atoms with Crippen molar-refractivity contribution in [2.45, 2.75) is 38.5 Å². The van der Waals surface area contributed by atoms with Gasteiger partial charge in [0.1, 0.15) is 0 Å². The fraction of sp³-hybridized carbons (Fsp3) is 0.833. The molecule has 0 saturated heterocycles. The molecule has 5 nitrogen and oxygen atoms in total. The van der Waals surface area contributed by atoms with Crippen LogP contribution in [0.3, 0.4) is 0 Å². The molecule has 98 valence electrons. The number of amides is 2. The van der Waals surface area contributed by atoms with Crippen LogP contribution in [0.15, 0.2) is 0 Å². The minimum atomic E-state index is -0.136. The highest BCUT2D eigenvalue weighted by atomic mass is 16.3. The average molecular weight is 242 g/mol. The summed E-state index contributed by atoms with van der Waals surface area (Å²) in [6.07, 6.45) is 5.72. The molecule has 0 radical (unpaired) electrons. The van der Waals surface area contributed by atoms with Gasteiger partial charge >= 0.3 is 0 Å². The van der Waals surface area contributed by atoms with Gasteiger partial charge in [0.05, 0.1) is 6.61 Å². The lowest BCUT2D eigenvalue weighted by Gasteiger charge is -2.20. The number of aliphatic hydroxyl groups is 1. The van der Waals surface area contributed by atoms with Gasteiger partial charge in [-0.25, -0.2) is 0 Å². The van der Waals surface area contributed by atoms with Gasteiger partial charge in [-0.15, -0.1) is 0 Å². The zero-order valence-electron chi connectivity index (χ0n) is 10.2. The van der Waals surface area contributed by atoms with Crippen LogP contribution in [0.4, 0.5) is 0 Å². The van der Waals surface area contributed by atoms with E-state index in [0.717, 1.165) is 25.7 Å². The van der Waals surface area contributed by atoms with Crippen LogP contribution in [0.2, 0.25) is 0 Å². The maximum Gasteiger partial charge on any atom is 0.223 e. The van der Waals surface area contributed by atoms with Crippen molar-refractivity contribution in [1.29, 1.82) is 0 Å². The van der Waals surface area contributed by atoms with Gasteiger partial charge in [-0.3, -0.25) is 9.59 Å². The van der Waals surface area contributed by atoms with Crippen molar-refractivity contribution < 1.29 is 14.7 Å². The number of carbonyl (C=O) groups is 2. The molecule has 0 bridgehead atoms. The molecule has 1 aliphatic carbocycles. The Balaban J connectivity index is 2.08. The molecule has 17 heavy (non-hydrogen) atoms. The summed E-state index contributed by atoms with van der Waals surface area (Å²) in [5.74, 6) is 0.0897. The Morgan fingerprint density at radius 2 is 1.76 bits per heavy atom. The Morgan fingerprint density at radius 1 is 1.06 bits per heavy atom. The zero-order valence-corrected chi connectivity index (χ0v) is 10.2. The molecule has 3 N–H and O–H groups in total. The quantitative estimate of drug-likeness (QED) is 0.622. The molecule has 2 amide bonds. The lowest BCUT2D eigenvalue weighted by Crippen LogP contribution is -2.35. The molecule has 0 aromatic rings. The van der Waals surface area contributed by atoms with Gasteiger partial charge in [0.15, 0.2) is 0 Å². The molecule has 0 atom stereocenters. The summed E-state index contributed by atoms with van der Waals surface area (Å²) in [5.41, 5.74) is 0. The number of carbonyl (C=O) groups excluding carboxylic acids is 2. The monoisotopic (exact) mass is 242 g/mol. The fourth-order valence-corrected chi connectivity index (χ4v) is 2.09. The van der Waals surface area contributed by atoms with Crippen LogP contribution in [-0.4, -0.2) is 36.6 Å². The van der Waals surface area contributed by atoms with E-state index in [1.165, 1.54) is 6.42 Å². The summed E-state index contributed by atoms with van der Waals surface area (Å²) < 4.78 is 0. The topological polar surface area (TPSA) is 78.4 Å². The van der Waals surface area contributed by atoms with Crippen LogP contribution < -0.4 is 10.6 Å². The Bertz CT molecular complexity index is 250. The first-order valence-corrected chi connectivity index (χ1v) is 6.39. The second-order valence-corrected chi connectivity index (χ2v) is 4.45. The van der Waals surface area contributed by atoms with Crippen molar-refractivity contribution in [2.24, 2.45) is 5.92 Å². The van der Waals surface area contributed by atoms with Crippen LogP contribution in [0.1, 0.15) is 38.5 Å². The predicted molar refractivity (Wildman–Crippen MR) is 64.3 cm³/mol. The lowest BCUT2D eigenvalue weighted by molar-refractivity contribution is -0.126. The first-order chi connectivity index (χ1) is 8.24. The molecule has 0 heterocycles. The van der Waals surface area contributed by atoms with Crippen LogP contribution in [-0.2, 0) is 9.59 Å². The third-order valence-electron chi connectivity index (χ3n) is 3.06. The number of nitrogens with one attached hydrogen (secondary N) is 2. The third kappa shape index (κ3) is 5.68. The fourth-order valence-electron chi connectivity index (χ4n) is 2.09. The third-order valence-corrected chi connectivity index (χ3v) is 3.06. The van der Waals surface area contributed by atoms with E-state index in [-0.39, 0.29) is 37.3 Å². The van der Waals surface area contributed by atoms with E-state index in [9.17, 15) is 9.59 Å². The molecule has 1 aliphatic rings. The first kappa shape index (κ1) is 14.0. The van der Waals surface area contributed by atoms with Gasteiger partial charge in [-0.2, -0.15) is 0 Å².